The Bertz CT molecular complexity index is 355. The average molecular weight is 255 g/mol. The van der Waals surface area contributed by atoms with Gasteiger partial charge in [0.15, 0.2) is 0 Å². The Morgan fingerprint density at radius 3 is 2.88 bits per heavy atom. The van der Waals surface area contributed by atoms with Gasteiger partial charge in [-0.05, 0) is 44.1 Å². The summed E-state index contributed by atoms with van der Waals surface area (Å²) in [6, 6.07) is 7.47. The van der Waals surface area contributed by atoms with Gasteiger partial charge in [-0.1, -0.05) is 13.0 Å². The lowest BCUT2D eigenvalue weighted by Crippen LogP contribution is -2.17. The number of hydrogen-bond acceptors (Lipinski definition) is 3. The Morgan fingerprint density at radius 1 is 1.35 bits per heavy atom. The summed E-state index contributed by atoms with van der Waals surface area (Å²) in [5.74, 6) is 1.46. The average Bonchev–Trinajstić information content (AvgIpc) is 2.38. The van der Waals surface area contributed by atoms with Gasteiger partial charge in [-0.3, -0.25) is 4.21 Å². The van der Waals surface area contributed by atoms with Crippen molar-refractivity contribution in [2.24, 2.45) is 0 Å². The monoisotopic (exact) mass is 255 g/mol. The van der Waals surface area contributed by atoms with Crippen LogP contribution in [0.5, 0.6) is 5.75 Å². The van der Waals surface area contributed by atoms with Gasteiger partial charge in [-0.2, -0.15) is 0 Å². The minimum atomic E-state index is -0.921. The third-order valence-corrected chi connectivity index (χ3v) is 3.85. The molecule has 0 heterocycles. The van der Waals surface area contributed by atoms with Crippen molar-refractivity contribution in [1.82, 2.24) is 5.32 Å². The normalized spacial score (nSPS) is 12.4. The van der Waals surface area contributed by atoms with Crippen molar-refractivity contribution in [3.05, 3.63) is 24.3 Å². The molecule has 0 spiro atoms. The van der Waals surface area contributed by atoms with E-state index in [1.54, 1.807) is 7.11 Å². The molecule has 1 rings (SSSR count). The molecule has 1 N–H and O–H groups in total. The number of ether oxygens (including phenoxy) is 1. The van der Waals surface area contributed by atoms with Crippen molar-refractivity contribution in [2.45, 2.75) is 24.7 Å². The third kappa shape index (κ3) is 5.33. The minimum absolute atomic E-state index is 0.698. The second kappa shape index (κ2) is 8.25. The predicted molar refractivity (Wildman–Crippen MR) is 72.0 cm³/mol. The van der Waals surface area contributed by atoms with Crippen LogP contribution in [0.3, 0.4) is 0 Å². The van der Waals surface area contributed by atoms with Crippen molar-refractivity contribution in [1.29, 1.82) is 0 Å². The highest BCUT2D eigenvalue weighted by Gasteiger charge is 2.04. The summed E-state index contributed by atoms with van der Waals surface area (Å²) >= 11 is 0. The van der Waals surface area contributed by atoms with E-state index in [-0.39, 0.29) is 0 Å². The maximum absolute atomic E-state index is 12.0. The van der Waals surface area contributed by atoms with Crippen molar-refractivity contribution in [3.8, 4) is 5.75 Å². The third-order valence-electron chi connectivity index (χ3n) is 2.41. The Labute approximate surface area is 106 Å². The Morgan fingerprint density at radius 2 is 2.18 bits per heavy atom. The molecule has 1 aromatic carbocycles. The zero-order valence-electron chi connectivity index (χ0n) is 10.6. The van der Waals surface area contributed by atoms with Gasteiger partial charge in [0.05, 0.1) is 17.9 Å². The second-order valence-corrected chi connectivity index (χ2v) is 5.40. The number of benzene rings is 1. The Kier molecular flexibility index (Phi) is 6.89. The molecule has 1 unspecified atom stereocenters. The summed E-state index contributed by atoms with van der Waals surface area (Å²) < 4.78 is 17.1. The molecule has 0 saturated heterocycles. The lowest BCUT2D eigenvalue weighted by atomic mass is 10.3. The van der Waals surface area contributed by atoms with E-state index >= 15 is 0 Å². The van der Waals surface area contributed by atoms with Crippen molar-refractivity contribution >= 4 is 10.8 Å². The first-order valence-corrected chi connectivity index (χ1v) is 7.33. The fourth-order valence-electron chi connectivity index (χ4n) is 1.49. The van der Waals surface area contributed by atoms with Gasteiger partial charge in [-0.15, -0.1) is 0 Å². The van der Waals surface area contributed by atoms with Gasteiger partial charge in [0.2, 0.25) is 0 Å². The first-order valence-electron chi connectivity index (χ1n) is 6.01. The highest BCUT2D eigenvalue weighted by molar-refractivity contribution is 7.85. The summed E-state index contributed by atoms with van der Waals surface area (Å²) in [6.45, 7) is 4.11. The van der Waals surface area contributed by atoms with Crippen LogP contribution in [0.2, 0.25) is 0 Å². The van der Waals surface area contributed by atoms with Gasteiger partial charge in [0.1, 0.15) is 5.75 Å². The van der Waals surface area contributed by atoms with Crippen LogP contribution < -0.4 is 10.1 Å². The molecule has 1 aromatic rings. The van der Waals surface area contributed by atoms with E-state index in [9.17, 15) is 4.21 Å². The van der Waals surface area contributed by atoms with Crippen molar-refractivity contribution in [3.63, 3.8) is 0 Å². The standard InChI is InChI=1S/C13H21NO2S/c1-3-8-14-9-5-10-17(15)13-7-4-6-12(11-13)16-2/h4,6-7,11,14H,3,5,8-10H2,1-2H3. The van der Waals surface area contributed by atoms with E-state index < -0.39 is 10.8 Å². The molecule has 17 heavy (non-hydrogen) atoms. The van der Waals surface area contributed by atoms with Crippen molar-refractivity contribution in [2.75, 3.05) is 26.0 Å². The molecule has 0 aliphatic heterocycles. The summed E-state index contributed by atoms with van der Waals surface area (Å²) in [5.41, 5.74) is 0. The van der Waals surface area contributed by atoms with E-state index in [0.717, 1.165) is 36.6 Å². The number of rotatable bonds is 8. The van der Waals surface area contributed by atoms with E-state index in [1.807, 2.05) is 24.3 Å². The fraction of sp³-hybridized carbons (Fsp3) is 0.538. The van der Waals surface area contributed by atoms with Crippen LogP contribution in [-0.4, -0.2) is 30.2 Å². The predicted octanol–water partition coefficient (Wildman–Crippen LogP) is 2.19. The van der Waals surface area contributed by atoms with Crippen LogP contribution in [0.25, 0.3) is 0 Å². The number of hydrogen-bond donors (Lipinski definition) is 1. The molecule has 0 bridgehead atoms. The summed E-state index contributed by atoms with van der Waals surface area (Å²) in [5, 5.41) is 3.31. The zero-order valence-corrected chi connectivity index (χ0v) is 11.4. The molecule has 3 nitrogen and oxygen atoms in total. The lowest BCUT2D eigenvalue weighted by molar-refractivity contribution is 0.413. The molecule has 96 valence electrons. The molecule has 0 radical (unpaired) electrons. The Balaban J connectivity index is 2.36. The molecule has 0 aromatic heterocycles. The quantitative estimate of drug-likeness (QED) is 0.724. The van der Waals surface area contributed by atoms with Gasteiger partial charge in [-0.25, -0.2) is 0 Å². The summed E-state index contributed by atoms with van der Waals surface area (Å²) in [6.07, 6.45) is 2.07. The van der Waals surface area contributed by atoms with Crippen LogP contribution >= 0.6 is 0 Å². The molecular formula is C13H21NO2S. The number of methoxy groups -OCH3 is 1. The number of nitrogens with one attached hydrogen (secondary N) is 1. The van der Waals surface area contributed by atoms with E-state index in [4.69, 9.17) is 4.74 Å². The molecule has 1 atom stereocenters. The van der Waals surface area contributed by atoms with Crippen LogP contribution in [0, 0.1) is 0 Å². The summed E-state index contributed by atoms with van der Waals surface area (Å²) in [7, 11) is 0.701. The fourth-order valence-corrected chi connectivity index (χ4v) is 2.61. The first kappa shape index (κ1) is 14.2. The van der Waals surface area contributed by atoms with Gasteiger partial charge >= 0.3 is 0 Å². The second-order valence-electron chi connectivity index (χ2n) is 3.83. The van der Waals surface area contributed by atoms with Crippen LogP contribution in [-0.2, 0) is 10.8 Å². The van der Waals surface area contributed by atoms with Crippen LogP contribution in [0.4, 0.5) is 0 Å². The van der Waals surface area contributed by atoms with E-state index in [1.165, 1.54) is 0 Å². The smallest absolute Gasteiger partial charge is 0.120 e. The minimum Gasteiger partial charge on any atom is -0.497 e. The van der Waals surface area contributed by atoms with Crippen LogP contribution in [0.1, 0.15) is 19.8 Å². The molecule has 4 heteroatoms. The van der Waals surface area contributed by atoms with Gasteiger partial charge < -0.3 is 10.1 Å². The molecular weight excluding hydrogens is 234 g/mol. The van der Waals surface area contributed by atoms with Gasteiger partial charge in [0.25, 0.3) is 0 Å². The van der Waals surface area contributed by atoms with E-state index in [2.05, 4.69) is 12.2 Å². The maximum atomic E-state index is 12.0. The lowest BCUT2D eigenvalue weighted by Gasteiger charge is -2.05. The van der Waals surface area contributed by atoms with Crippen LogP contribution in [0.15, 0.2) is 29.2 Å². The van der Waals surface area contributed by atoms with Crippen molar-refractivity contribution < 1.29 is 8.95 Å². The van der Waals surface area contributed by atoms with Gasteiger partial charge in [0, 0.05) is 10.6 Å². The molecule has 0 aliphatic carbocycles. The van der Waals surface area contributed by atoms with E-state index in [0.29, 0.717) is 5.75 Å². The largest absolute Gasteiger partial charge is 0.497 e. The topological polar surface area (TPSA) is 38.3 Å². The molecule has 0 aliphatic rings. The maximum Gasteiger partial charge on any atom is 0.120 e. The highest BCUT2D eigenvalue weighted by atomic mass is 32.2. The zero-order chi connectivity index (χ0) is 12.5. The SMILES string of the molecule is CCCNCCCS(=O)c1cccc(OC)c1. The first-order chi connectivity index (χ1) is 8.27. The highest BCUT2D eigenvalue weighted by Crippen LogP contribution is 2.16. The molecule has 0 amide bonds. The summed E-state index contributed by atoms with van der Waals surface area (Å²) in [4.78, 5) is 0.847. The Hall–Kier alpha value is -0.870. The molecule has 0 fully saturated rings. The molecule has 0 saturated carbocycles.